The van der Waals surface area contributed by atoms with Gasteiger partial charge in [0.05, 0.1) is 28.5 Å². The topological polar surface area (TPSA) is 113 Å². The van der Waals surface area contributed by atoms with Gasteiger partial charge in [-0.25, -0.2) is 9.78 Å². The van der Waals surface area contributed by atoms with E-state index in [0.717, 1.165) is 11.3 Å². The van der Waals surface area contributed by atoms with Crippen molar-refractivity contribution in [3.63, 3.8) is 0 Å². The Kier molecular flexibility index (Phi) is 5.30. The average Bonchev–Trinajstić information content (AvgIpc) is 3.44. The number of thiophene rings is 1. The van der Waals surface area contributed by atoms with E-state index >= 15 is 0 Å². The Hall–Kier alpha value is -4.44. The van der Waals surface area contributed by atoms with Crippen LogP contribution in [0.3, 0.4) is 0 Å². The van der Waals surface area contributed by atoms with Crippen LogP contribution in [0, 0.1) is 6.92 Å². The number of rotatable bonds is 5. The summed E-state index contributed by atoms with van der Waals surface area (Å²) < 4.78 is 5.94. The lowest BCUT2D eigenvalue weighted by atomic mass is 10.1. The van der Waals surface area contributed by atoms with Gasteiger partial charge in [-0.05, 0) is 48.9 Å². The van der Waals surface area contributed by atoms with E-state index in [1.807, 2.05) is 55.5 Å². The molecule has 2 aliphatic heterocycles. The Morgan fingerprint density at radius 3 is 2.69 bits per heavy atom. The molecule has 36 heavy (non-hydrogen) atoms. The van der Waals surface area contributed by atoms with Crippen LogP contribution in [0.15, 0.2) is 60.8 Å². The molecule has 180 valence electrons. The van der Waals surface area contributed by atoms with Crippen LogP contribution in [0.2, 0.25) is 0 Å². The maximum atomic E-state index is 13.4. The summed E-state index contributed by atoms with van der Waals surface area (Å²) in [4.78, 5) is 44.9. The first-order valence-electron chi connectivity index (χ1n) is 11.4. The fourth-order valence-corrected chi connectivity index (χ4v) is 5.53. The highest BCUT2D eigenvalue weighted by Crippen LogP contribution is 2.46. The maximum Gasteiger partial charge on any atom is 0.331 e. The van der Waals surface area contributed by atoms with Crippen LogP contribution in [0.25, 0.3) is 10.2 Å². The molecule has 0 radical (unpaired) electrons. The normalized spacial score (nSPS) is 16.6. The van der Waals surface area contributed by atoms with Crippen LogP contribution in [-0.2, 0) is 4.79 Å². The number of nitrogens with zero attached hydrogens (tertiary/aromatic N) is 2. The number of amides is 4. The van der Waals surface area contributed by atoms with E-state index < -0.39 is 0 Å². The molecule has 4 aromatic rings. The average molecular weight is 500 g/mol. The van der Waals surface area contributed by atoms with Crippen molar-refractivity contribution in [1.82, 2.24) is 15.6 Å². The zero-order valence-corrected chi connectivity index (χ0v) is 20.0. The number of carbonyl (C=O) groups excluding carboxylic acids is 3. The molecule has 2 aromatic carbocycles. The fraction of sp³-hybridized carbons (Fsp3) is 0.154. The molecule has 6 rings (SSSR count). The molecule has 0 aliphatic carbocycles. The zero-order valence-electron chi connectivity index (χ0n) is 19.2. The lowest BCUT2D eigenvalue weighted by Crippen LogP contribution is -2.37. The molecule has 4 heterocycles. The third kappa shape index (κ3) is 3.81. The molecule has 2 aliphatic rings. The molecule has 0 unspecified atom stereocenters. The summed E-state index contributed by atoms with van der Waals surface area (Å²) in [6, 6.07) is 16.1. The number of hydrogen-bond donors (Lipinski definition) is 3. The second kappa shape index (κ2) is 8.65. The standard InChI is InChI=1S/C26H21N5O4S/c1-14-11-17(35-16-5-3-2-4-6-16)7-8-18(14)31-19-9-10-27-25-21(19)22(30-26(31)34)23(36-25)24(33)29-15-12-20(32)28-13-15/h2-11,15H,12-13H2,1H3,(H,28,32)(H,29,33)(H,30,34)/t15-/m0/s1. The van der Waals surface area contributed by atoms with Crippen LogP contribution in [0.5, 0.6) is 11.5 Å². The summed E-state index contributed by atoms with van der Waals surface area (Å²) >= 11 is 1.21. The largest absolute Gasteiger partial charge is 0.457 e. The minimum atomic E-state index is -0.375. The van der Waals surface area contributed by atoms with Gasteiger partial charge in [0.1, 0.15) is 21.2 Å². The summed E-state index contributed by atoms with van der Waals surface area (Å²) in [5.41, 5.74) is 2.62. The molecule has 3 N–H and O–H groups in total. The molecule has 0 saturated carbocycles. The number of ether oxygens (including phenoxy) is 1. The van der Waals surface area contributed by atoms with Gasteiger partial charge in [-0.1, -0.05) is 18.2 Å². The van der Waals surface area contributed by atoms with Crippen molar-refractivity contribution < 1.29 is 19.1 Å². The van der Waals surface area contributed by atoms with Crippen molar-refractivity contribution in [2.75, 3.05) is 16.8 Å². The van der Waals surface area contributed by atoms with Gasteiger partial charge in [0, 0.05) is 19.2 Å². The van der Waals surface area contributed by atoms with E-state index in [4.69, 9.17) is 4.74 Å². The molecule has 1 fully saturated rings. The number of benzene rings is 2. The van der Waals surface area contributed by atoms with Crippen LogP contribution < -0.4 is 25.6 Å². The van der Waals surface area contributed by atoms with Crippen LogP contribution in [0.4, 0.5) is 21.9 Å². The van der Waals surface area contributed by atoms with E-state index in [1.165, 1.54) is 11.3 Å². The molecule has 0 spiro atoms. The molecule has 2 aromatic heterocycles. The van der Waals surface area contributed by atoms with Crippen molar-refractivity contribution in [3.8, 4) is 11.5 Å². The predicted molar refractivity (Wildman–Crippen MR) is 137 cm³/mol. The Morgan fingerprint density at radius 2 is 1.94 bits per heavy atom. The van der Waals surface area contributed by atoms with Crippen LogP contribution in [0.1, 0.15) is 21.7 Å². The van der Waals surface area contributed by atoms with Crippen molar-refractivity contribution >= 4 is 56.5 Å². The van der Waals surface area contributed by atoms with Gasteiger partial charge in [0.2, 0.25) is 5.91 Å². The number of para-hydroxylation sites is 1. The fourth-order valence-electron chi connectivity index (χ4n) is 4.51. The van der Waals surface area contributed by atoms with E-state index in [9.17, 15) is 14.4 Å². The van der Waals surface area contributed by atoms with Gasteiger partial charge in [0.15, 0.2) is 0 Å². The Balaban J connectivity index is 1.35. The van der Waals surface area contributed by atoms with Crippen molar-refractivity contribution in [2.45, 2.75) is 19.4 Å². The predicted octanol–water partition coefficient (Wildman–Crippen LogP) is 4.70. The highest BCUT2D eigenvalue weighted by molar-refractivity contribution is 7.21. The Labute approximate surface area is 210 Å². The van der Waals surface area contributed by atoms with E-state index in [0.29, 0.717) is 44.5 Å². The van der Waals surface area contributed by atoms with Crippen molar-refractivity contribution in [2.24, 2.45) is 0 Å². The highest BCUT2D eigenvalue weighted by Gasteiger charge is 2.34. The Bertz CT molecular complexity index is 1530. The Morgan fingerprint density at radius 1 is 1.11 bits per heavy atom. The van der Waals surface area contributed by atoms with Gasteiger partial charge in [-0.15, -0.1) is 11.3 Å². The monoisotopic (exact) mass is 499 g/mol. The molecule has 9 nitrogen and oxygen atoms in total. The van der Waals surface area contributed by atoms with Crippen LogP contribution in [-0.4, -0.2) is 35.4 Å². The lowest BCUT2D eigenvalue weighted by Gasteiger charge is -2.29. The first-order valence-corrected chi connectivity index (χ1v) is 12.2. The molecule has 10 heteroatoms. The third-order valence-corrected chi connectivity index (χ3v) is 7.25. The number of hydrogen-bond acceptors (Lipinski definition) is 6. The smallest absolute Gasteiger partial charge is 0.331 e. The van der Waals surface area contributed by atoms with E-state index in [1.54, 1.807) is 17.2 Å². The van der Waals surface area contributed by atoms with Crippen molar-refractivity contribution in [3.05, 3.63) is 71.2 Å². The zero-order chi connectivity index (χ0) is 24.8. The first kappa shape index (κ1) is 22.1. The summed E-state index contributed by atoms with van der Waals surface area (Å²) in [6.07, 6.45) is 1.87. The minimum absolute atomic E-state index is 0.0959. The number of anilines is 3. The number of nitrogens with one attached hydrogen (secondary N) is 3. The van der Waals surface area contributed by atoms with E-state index in [-0.39, 0.29) is 30.3 Å². The van der Waals surface area contributed by atoms with Gasteiger partial charge < -0.3 is 20.7 Å². The molecule has 1 atom stereocenters. The van der Waals surface area contributed by atoms with Crippen LogP contribution >= 0.6 is 11.3 Å². The summed E-state index contributed by atoms with van der Waals surface area (Å²) in [5, 5.41) is 9.19. The summed E-state index contributed by atoms with van der Waals surface area (Å²) in [7, 11) is 0. The molecular weight excluding hydrogens is 478 g/mol. The molecule has 0 bridgehead atoms. The summed E-state index contributed by atoms with van der Waals surface area (Å²) in [5.74, 6) is 0.951. The third-order valence-electron chi connectivity index (χ3n) is 6.15. The lowest BCUT2D eigenvalue weighted by molar-refractivity contribution is -0.119. The molecular formula is C26H21N5O4S. The number of aryl methyl sites for hydroxylation is 1. The number of carbonyl (C=O) groups is 3. The second-order valence-corrected chi connectivity index (χ2v) is 9.62. The highest BCUT2D eigenvalue weighted by atomic mass is 32.1. The second-order valence-electron chi connectivity index (χ2n) is 8.62. The summed E-state index contributed by atoms with van der Waals surface area (Å²) in [6.45, 7) is 2.30. The quantitative estimate of drug-likeness (QED) is 0.369. The first-order chi connectivity index (χ1) is 17.5. The van der Waals surface area contributed by atoms with Gasteiger partial charge >= 0.3 is 6.03 Å². The van der Waals surface area contributed by atoms with Gasteiger partial charge in [0.25, 0.3) is 5.91 Å². The SMILES string of the molecule is Cc1cc(Oc2ccccc2)ccc1N1C(=O)Nc2c(C(=O)N[C@@H]3CNC(=O)C3)sc3nccc1c23. The molecule has 4 amide bonds. The molecule has 1 saturated heterocycles. The van der Waals surface area contributed by atoms with Crippen molar-refractivity contribution in [1.29, 1.82) is 0 Å². The van der Waals surface area contributed by atoms with E-state index in [2.05, 4.69) is 20.9 Å². The number of urea groups is 1. The number of aromatic nitrogens is 1. The number of pyridine rings is 1. The minimum Gasteiger partial charge on any atom is -0.457 e. The van der Waals surface area contributed by atoms with Gasteiger partial charge in [-0.3, -0.25) is 14.5 Å². The maximum absolute atomic E-state index is 13.4. The van der Waals surface area contributed by atoms with Gasteiger partial charge in [-0.2, -0.15) is 0 Å².